The summed E-state index contributed by atoms with van der Waals surface area (Å²) in [5, 5.41) is 0.377. The molecular formula is C18H17ClFNO2. The van der Waals surface area contributed by atoms with Gasteiger partial charge in [-0.1, -0.05) is 17.7 Å². The predicted molar refractivity (Wildman–Crippen MR) is 84.5 cm³/mol. The van der Waals surface area contributed by atoms with Gasteiger partial charge in [0.05, 0.1) is 12.8 Å². The summed E-state index contributed by atoms with van der Waals surface area (Å²) in [7, 11) is 0. The Kier molecular flexibility index (Phi) is 3.64. The van der Waals surface area contributed by atoms with Crippen LogP contribution >= 0.6 is 11.6 Å². The van der Waals surface area contributed by atoms with Gasteiger partial charge in [0, 0.05) is 28.5 Å². The molecule has 2 unspecified atom stereocenters. The third-order valence-corrected chi connectivity index (χ3v) is 5.03. The molecule has 2 aliphatic carbocycles. The van der Waals surface area contributed by atoms with Crippen LogP contribution in [0.5, 0.6) is 0 Å². The maximum atomic E-state index is 14.0. The van der Waals surface area contributed by atoms with Crippen LogP contribution in [-0.4, -0.2) is 16.8 Å². The van der Waals surface area contributed by atoms with E-state index in [-0.39, 0.29) is 36.1 Å². The van der Waals surface area contributed by atoms with Crippen LogP contribution in [0.4, 0.5) is 4.39 Å². The van der Waals surface area contributed by atoms with Crippen molar-refractivity contribution in [3.63, 3.8) is 0 Å². The van der Waals surface area contributed by atoms with Crippen LogP contribution in [0.3, 0.4) is 0 Å². The normalized spacial score (nSPS) is 22.9. The zero-order chi connectivity index (χ0) is 16.0. The Morgan fingerprint density at radius 1 is 1.30 bits per heavy atom. The van der Waals surface area contributed by atoms with Gasteiger partial charge in [0.1, 0.15) is 11.6 Å². The van der Waals surface area contributed by atoms with E-state index in [0.29, 0.717) is 10.6 Å². The van der Waals surface area contributed by atoms with Crippen LogP contribution in [0.15, 0.2) is 41.0 Å². The molecule has 0 aliphatic heterocycles. The molecule has 120 valence electrons. The number of furan rings is 1. The van der Waals surface area contributed by atoms with Crippen molar-refractivity contribution in [1.82, 2.24) is 4.90 Å². The van der Waals surface area contributed by atoms with Crippen molar-refractivity contribution < 1.29 is 13.6 Å². The summed E-state index contributed by atoms with van der Waals surface area (Å²) in [5.41, 5.74) is 0.407. The molecule has 2 fully saturated rings. The number of carbonyl (C=O) groups is 1. The van der Waals surface area contributed by atoms with Crippen molar-refractivity contribution >= 4 is 17.5 Å². The number of rotatable bonds is 5. The molecule has 0 N–H and O–H groups in total. The molecule has 5 heteroatoms. The van der Waals surface area contributed by atoms with Gasteiger partial charge in [0.25, 0.3) is 0 Å². The average molecular weight is 334 g/mol. The van der Waals surface area contributed by atoms with Crippen molar-refractivity contribution in [1.29, 1.82) is 0 Å². The van der Waals surface area contributed by atoms with E-state index in [1.165, 1.54) is 6.07 Å². The number of benzene rings is 1. The molecular weight excluding hydrogens is 317 g/mol. The van der Waals surface area contributed by atoms with E-state index in [0.717, 1.165) is 25.0 Å². The summed E-state index contributed by atoms with van der Waals surface area (Å²) in [6.45, 7) is 0.246. The molecule has 2 aromatic rings. The van der Waals surface area contributed by atoms with Crippen molar-refractivity contribution in [2.75, 3.05) is 0 Å². The minimum Gasteiger partial charge on any atom is -0.469 e. The van der Waals surface area contributed by atoms with E-state index in [9.17, 15) is 9.18 Å². The maximum Gasteiger partial charge on any atom is 0.226 e. The lowest BCUT2D eigenvalue weighted by Gasteiger charge is -2.23. The van der Waals surface area contributed by atoms with Gasteiger partial charge in [0.2, 0.25) is 5.91 Å². The topological polar surface area (TPSA) is 33.5 Å². The minimum atomic E-state index is -0.352. The molecule has 1 heterocycles. The Morgan fingerprint density at radius 3 is 2.78 bits per heavy atom. The maximum absolute atomic E-state index is 14.0. The van der Waals surface area contributed by atoms with Crippen molar-refractivity contribution in [2.24, 2.45) is 5.92 Å². The molecule has 0 radical (unpaired) electrons. The minimum absolute atomic E-state index is 0.0488. The molecule has 23 heavy (non-hydrogen) atoms. The zero-order valence-corrected chi connectivity index (χ0v) is 13.3. The van der Waals surface area contributed by atoms with Gasteiger partial charge in [0.15, 0.2) is 0 Å². The Labute approximate surface area is 139 Å². The lowest BCUT2D eigenvalue weighted by Crippen LogP contribution is -2.34. The Bertz CT molecular complexity index is 706. The van der Waals surface area contributed by atoms with Crippen LogP contribution in [0, 0.1) is 11.7 Å². The molecule has 2 aliphatic rings. The van der Waals surface area contributed by atoms with E-state index in [1.807, 2.05) is 12.1 Å². The standard InChI is InChI=1S/C18H17ClFNO2/c19-15-3-1-4-16(20)14(15)10-21(11-6-7-11)18(22)13-9-12(13)17-5-2-8-23-17/h1-5,8,11-13H,6-7,9-10H2. The van der Waals surface area contributed by atoms with E-state index < -0.39 is 0 Å². The number of hydrogen-bond acceptors (Lipinski definition) is 2. The SMILES string of the molecule is O=C(C1CC1c1ccco1)N(Cc1c(F)cccc1Cl)C1CC1. The largest absolute Gasteiger partial charge is 0.469 e. The van der Waals surface area contributed by atoms with Gasteiger partial charge in [-0.2, -0.15) is 0 Å². The lowest BCUT2D eigenvalue weighted by molar-refractivity contribution is -0.134. The summed E-state index contributed by atoms with van der Waals surface area (Å²) in [4.78, 5) is 14.6. The number of amides is 1. The fourth-order valence-corrected chi connectivity index (χ4v) is 3.35. The van der Waals surface area contributed by atoms with E-state index in [4.69, 9.17) is 16.0 Å². The molecule has 2 saturated carbocycles. The van der Waals surface area contributed by atoms with E-state index >= 15 is 0 Å². The second-order valence-electron chi connectivity index (χ2n) is 6.36. The van der Waals surface area contributed by atoms with E-state index in [1.54, 1.807) is 23.3 Å². The number of halogens is 2. The summed E-state index contributed by atoms with van der Waals surface area (Å²) in [6, 6.07) is 8.60. The van der Waals surface area contributed by atoms with Crippen LogP contribution in [0.1, 0.15) is 36.5 Å². The Morgan fingerprint density at radius 2 is 2.13 bits per heavy atom. The monoisotopic (exact) mass is 333 g/mol. The second kappa shape index (κ2) is 5.68. The Balaban J connectivity index is 1.52. The van der Waals surface area contributed by atoms with Crippen molar-refractivity contribution in [3.05, 3.63) is 58.8 Å². The molecule has 1 aromatic heterocycles. The molecule has 2 atom stereocenters. The first-order chi connectivity index (χ1) is 11.1. The molecule has 1 amide bonds. The molecule has 3 nitrogen and oxygen atoms in total. The number of hydrogen-bond donors (Lipinski definition) is 0. The smallest absolute Gasteiger partial charge is 0.226 e. The summed E-state index contributed by atoms with van der Waals surface area (Å²) in [6.07, 6.45) is 4.40. The summed E-state index contributed by atoms with van der Waals surface area (Å²) < 4.78 is 19.4. The van der Waals surface area contributed by atoms with Crippen LogP contribution in [0.25, 0.3) is 0 Å². The van der Waals surface area contributed by atoms with Crippen LogP contribution in [0.2, 0.25) is 5.02 Å². The van der Waals surface area contributed by atoms with Crippen molar-refractivity contribution in [3.8, 4) is 0 Å². The predicted octanol–water partition coefficient (Wildman–Crippen LogP) is 4.37. The molecule has 0 spiro atoms. The van der Waals surface area contributed by atoms with Gasteiger partial charge < -0.3 is 9.32 Å². The first-order valence-corrected chi connectivity index (χ1v) is 8.29. The zero-order valence-electron chi connectivity index (χ0n) is 12.5. The fraction of sp³-hybridized carbons (Fsp3) is 0.389. The van der Waals surface area contributed by atoms with Gasteiger partial charge in [-0.15, -0.1) is 0 Å². The quantitative estimate of drug-likeness (QED) is 0.814. The summed E-state index contributed by atoms with van der Waals surface area (Å²) >= 11 is 6.12. The number of carbonyl (C=O) groups excluding carboxylic acids is 1. The van der Waals surface area contributed by atoms with Gasteiger partial charge in [-0.05, 0) is 43.5 Å². The second-order valence-corrected chi connectivity index (χ2v) is 6.77. The van der Waals surface area contributed by atoms with Gasteiger partial charge >= 0.3 is 0 Å². The first kappa shape index (κ1) is 14.8. The highest BCUT2D eigenvalue weighted by Gasteiger charge is 2.49. The van der Waals surface area contributed by atoms with Crippen molar-refractivity contribution in [2.45, 2.75) is 37.8 Å². The van der Waals surface area contributed by atoms with Crippen LogP contribution in [-0.2, 0) is 11.3 Å². The molecule has 4 rings (SSSR count). The fourth-order valence-electron chi connectivity index (χ4n) is 3.12. The highest BCUT2D eigenvalue weighted by molar-refractivity contribution is 6.31. The highest BCUT2D eigenvalue weighted by Crippen LogP contribution is 2.50. The van der Waals surface area contributed by atoms with Crippen LogP contribution < -0.4 is 0 Å². The lowest BCUT2D eigenvalue weighted by atomic mass is 10.1. The molecule has 0 saturated heterocycles. The van der Waals surface area contributed by atoms with E-state index in [2.05, 4.69) is 0 Å². The Hall–Kier alpha value is -1.81. The molecule has 0 bridgehead atoms. The first-order valence-electron chi connectivity index (χ1n) is 7.92. The third kappa shape index (κ3) is 2.88. The van der Waals surface area contributed by atoms with Gasteiger partial charge in [-0.3, -0.25) is 4.79 Å². The highest BCUT2D eigenvalue weighted by atomic mass is 35.5. The molecule has 1 aromatic carbocycles. The number of nitrogens with zero attached hydrogens (tertiary/aromatic N) is 1. The van der Waals surface area contributed by atoms with Gasteiger partial charge in [-0.25, -0.2) is 4.39 Å². The third-order valence-electron chi connectivity index (χ3n) is 4.68. The summed E-state index contributed by atoms with van der Waals surface area (Å²) in [5.74, 6) is 0.715. The average Bonchev–Trinajstić information content (AvgIpc) is 3.46.